The molecule has 3 aromatic rings. The molecule has 10 heteroatoms. The van der Waals surface area contributed by atoms with Crippen LogP contribution in [0.1, 0.15) is 0 Å². The van der Waals surface area contributed by atoms with Gasteiger partial charge in [-0.1, -0.05) is 12.1 Å². The van der Waals surface area contributed by atoms with Crippen LogP contribution >= 0.6 is 0 Å². The number of aliphatic hydroxyl groups is 3. The number of carboxylic acids is 1. The molecule has 1 aromatic heterocycles. The first-order valence-electron chi connectivity index (χ1n) is 9.20. The van der Waals surface area contributed by atoms with Gasteiger partial charge in [0.15, 0.2) is 11.5 Å². The van der Waals surface area contributed by atoms with Gasteiger partial charge >= 0.3 is 5.97 Å². The molecule has 0 saturated carbocycles. The minimum atomic E-state index is -1.82. The van der Waals surface area contributed by atoms with Gasteiger partial charge in [-0.25, -0.2) is 4.79 Å². The number of ether oxygens (including phenoxy) is 2. The van der Waals surface area contributed by atoms with E-state index in [-0.39, 0.29) is 28.1 Å². The summed E-state index contributed by atoms with van der Waals surface area (Å²) in [6.07, 6.45) is -7.32. The number of hydrogen-bond acceptors (Lipinski definition) is 9. The highest BCUT2D eigenvalue weighted by Gasteiger charge is 2.48. The van der Waals surface area contributed by atoms with Crippen molar-refractivity contribution >= 4 is 16.9 Å². The minimum absolute atomic E-state index is 0.0280. The van der Waals surface area contributed by atoms with E-state index in [4.69, 9.17) is 19.0 Å². The molecule has 1 saturated heterocycles. The zero-order valence-corrected chi connectivity index (χ0v) is 15.8. The number of carbonyl (C=O) groups is 1. The topological polar surface area (TPSA) is 167 Å². The molecular weight excluding hydrogens is 412 g/mol. The minimum Gasteiger partial charge on any atom is -0.508 e. The van der Waals surface area contributed by atoms with Crippen LogP contribution in [0.3, 0.4) is 0 Å². The van der Waals surface area contributed by atoms with E-state index < -0.39 is 36.7 Å². The van der Waals surface area contributed by atoms with Crippen molar-refractivity contribution in [2.24, 2.45) is 0 Å². The van der Waals surface area contributed by atoms with Crippen LogP contribution in [0.15, 0.2) is 57.9 Å². The molecule has 5 N–H and O–H groups in total. The maximum absolute atomic E-state index is 12.7. The zero-order chi connectivity index (χ0) is 22.3. The van der Waals surface area contributed by atoms with E-state index in [9.17, 15) is 30.0 Å². The van der Waals surface area contributed by atoms with E-state index in [1.165, 1.54) is 36.6 Å². The molecule has 0 aliphatic carbocycles. The first kappa shape index (κ1) is 20.8. The third-order valence-electron chi connectivity index (χ3n) is 4.99. The van der Waals surface area contributed by atoms with Gasteiger partial charge in [0.1, 0.15) is 41.7 Å². The highest BCUT2D eigenvalue weighted by Crippen LogP contribution is 2.27. The summed E-state index contributed by atoms with van der Waals surface area (Å²) in [5, 5.41) is 48.5. The van der Waals surface area contributed by atoms with Crippen LogP contribution in [0.5, 0.6) is 11.5 Å². The van der Waals surface area contributed by atoms with Crippen LogP contribution in [-0.4, -0.2) is 62.2 Å². The van der Waals surface area contributed by atoms with Gasteiger partial charge in [0, 0.05) is 6.07 Å². The molecule has 31 heavy (non-hydrogen) atoms. The lowest BCUT2D eigenvalue weighted by atomic mass is 9.99. The van der Waals surface area contributed by atoms with Gasteiger partial charge in [-0.2, -0.15) is 0 Å². The normalized spacial score (nSPS) is 26.0. The third-order valence-corrected chi connectivity index (χ3v) is 4.99. The number of phenols is 1. The molecule has 0 amide bonds. The lowest BCUT2D eigenvalue weighted by Gasteiger charge is -2.38. The van der Waals surface area contributed by atoms with Gasteiger partial charge < -0.3 is 39.4 Å². The summed E-state index contributed by atoms with van der Waals surface area (Å²) in [6, 6.07) is 10.2. The van der Waals surface area contributed by atoms with Gasteiger partial charge in [-0.15, -0.1) is 0 Å². The average Bonchev–Trinajstić information content (AvgIpc) is 2.74. The number of hydrogen-bond donors (Lipinski definition) is 5. The molecular formula is C21H18O10. The Kier molecular flexibility index (Phi) is 5.38. The van der Waals surface area contributed by atoms with Crippen molar-refractivity contribution < 1.29 is 44.2 Å². The molecule has 2 aromatic carbocycles. The van der Waals surface area contributed by atoms with E-state index in [0.717, 1.165) is 0 Å². The first-order chi connectivity index (χ1) is 14.8. The van der Waals surface area contributed by atoms with Gasteiger partial charge in [0.2, 0.25) is 6.29 Å². The molecule has 4 rings (SSSR count). The van der Waals surface area contributed by atoms with E-state index in [1.54, 1.807) is 12.1 Å². The second-order valence-electron chi connectivity index (χ2n) is 7.04. The molecule has 1 fully saturated rings. The molecule has 1 aliphatic heterocycles. The Morgan fingerprint density at radius 3 is 2.35 bits per heavy atom. The second kappa shape index (κ2) is 8.00. The predicted octanol–water partition coefficient (Wildman–Crippen LogP) is 0.437. The first-order valence-corrected chi connectivity index (χ1v) is 9.20. The molecule has 2 heterocycles. The van der Waals surface area contributed by atoms with E-state index in [0.29, 0.717) is 10.9 Å². The summed E-state index contributed by atoms with van der Waals surface area (Å²) in [4.78, 5) is 23.9. The van der Waals surface area contributed by atoms with Crippen molar-refractivity contribution in [3.05, 3.63) is 59.0 Å². The third kappa shape index (κ3) is 3.84. The molecule has 1 unspecified atom stereocenters. The predicted molar refractivity (Wildman–Crippen MR) is 105 cm³/mol. The molecule has 162 valence electrons. The SMILES string of the molecule is O=C(O)[C@H]1OC(Oc2ccc(-c3coc4cc(O)ccc4c3=O)cc2)[C@H](O)[C@@H](O)[C@@H]1O. The Hall–Kier alpha value is -3.44. The molecule has 1 aliphatic rings. The van der Waals surface area contributed by atoms with Crippen molar-refractivity contribution in [3.8, 4) is 22.6 Å². The van der Waals surface area contributed by atoms with Gasteiger partial charge in [0.05, 0.1) is 10.9 Å². The quantitative estimate of drug-likeness (QED) is 0.392. The van der Waals surface area contributed by atoms with E-state index >= 15 is 0 Å². The fourth-order valence-corrected chi connectivity index (χ4v) is 3.31. The Balaban J connectivity index is 1.57. The Bertz CT molecular complexity index is 1170. The Labute approximate surface area is 174 Å². The van der Waals surface area contributed by atoms with Crippen molar-refractivity contribution in [2.45, 2.75) is 30.7 Å². The number of benzene rings is 2. The van der Waals surface area contributed by atoms with Crippen LogP contribution in [0.4, 0.5) is 0 Å². The van der Waals surface area contributed by atoms with Crippen molar-refractivity contribution in [1.82, 2.24) is 0 Å². The van der Waals surface area contributed by atoms with Crippen LogP contribution < -0.4 is 10.2 Å². The fourth-order valence-electron chi connectivity index (χ4n) is 3.31. The zero-order valence-electron chi connectivity index (χ0n) is 15.8. The number of aliphatic carboxylic acids is 1. The summed E-state index contributed by atoms with van der Waals surface area (Å²) in [5.74, 6) is -1.38. The highest BCUT2D eigenvalue weighted by molar-refractivity contribution is 5.82. The standard InChI is InChI=1S/C21H18O10/c22-10-3-6-12-14(7-10)29-8-13(15(12)23)9-1-4-11(5-2-9)30-21-18(26)16(24)17(25)19(31-21)20(27)28/h1-8,16-19,21-22,24-26H,(H,27,28)/t16-,17-,18+,19-,21?/m0/s1. The monoisotopic (exact) mass is 430 g/mol. The maximum atomic E-state index is 12.7. The maximum Gasteiger partial charge on any atom is 0.335 e. The number of phenolic OH excluding ortho intramolecular Hbond substituents is 1. The summed E-state index contributed by atoms with van der Waals surface area (Å²) in [6.45, 7) is 0. The molecule has 5 atom stereocenters. The van der Waals surface area contributed by atoms with Gasteiger partial charge in [0.25, 0.3) is 0 Å². The summed E-state index contributed by atoms with van der Waals surface area (Å²) in [7, 11) is 0. The number of aliphatic hydroxyl groups excluding tert-OH is 3. The number of carboxylic acid groups (broad SMARTS) is 1. The Morgan fingerprint density at radius 2 is 1.68 bits per heavy atom. The van der Waals surface area contributed by atoms with Crippen LogP contribution in [0, 0.1) is 0 Å². The van der Waals surface area contributed by atoms with E-state index in [2.05, 4.69) is 0 Å². The average molecular weight is 430 g/mol. The highest BCUT2D eigenvalue weighted by atomic mass is 16.7. The molecule has 0 spiro atoms. The van der Waals surface area contributed by atoms with Gasteiger partial charge in [-0.05, 0) is 29.8 Å². The number of fused-ring (bicyclic) bond motifs is 1. The second-order valence-corrected chi connectivity index (χ2v) is 7.04. The lowest BCUT2D eigenvalue weighted by Crippen LogP contribution is -2.61. The van der Waals surface area contributed by atoms with Crippen LogP contribution in [0.2, 0.25) is 0 Å². The van der Waals surface area contributed by atoms with Crippen LogP contribution in [-0.2, 0) is 9.53 Å². The summed E-state index contributed by atoms with van der Waals surface area (Å²) < 4.78 is 15.9. The van der Waals surface area contributed by atoms with Crippen molar-refractivity contribution in [1.29, 1.82) is 0 Å². The van der Waals surface area contributed by atoms with Crippen molar-refractivity contribution in [3.63, 3.8) is 0 Å². The molecule has 10 nitrogen and oxygen atoms in total. The van der Waals surface area contributed by atoms with E-state index in [1.807, 2.05) is 0 Å². The summed E-state index contributed by atoms with van der Waals surface area (Å²) in [5.41, 5.74) is 0.705. The molecule has 0 radical (unpaired) electrons. The van der Waals surface area contributed by atoms with Crippen molar-refractivity contribution in [2.75, 3.05) is 0 Å². The fraction of sp³-hybridized carbons (Fsp3) is 0.238. The van der Waals surface area contributed by atoms with Gasteiger partial charge in [-0.3, -0.25) is 4.79 Å². The Morgan fingerprint density at radius 1 is 0.968 bits per heavy atom. The van der Waals surface area contributed by atoms with Crippen LogP contribution in [0.25, 0.3) is 22.1 Å². The summed E-state index contributed by atoms with van der Waals surface area (Å²) >= 11 is 0. The number of rotatable bonds is 4. The smallest absolute Gasteiger partial charge is 0.335 e. The largest absolute Gasteiger partial charge is 0.508 e. The lowest BCUT2D eigenvalue weighted by molar-refractivity contribution is -0.271. The number of aromatic hydroxyl groups is 1. The molecule has 0 bridgehead atoms.